The van der Waals surface area contributed by atoms with E-state index < -0.39 is 12.5 Å². The van der Waals surface area contributed by atoms with Gasteiger partial charge in [-0.25, -0.2) is 0 Å². The van der Waals surface area contributed by atoms with Gasteiger partial charge in [0.05, 0.1) is 0 Å². The van der Waals surface area contributed by atoms with Crippen molar-refractivity contribution in [2.24, 2.45) is 0 Å². The van der Waals surface area contributed by atoms with Gasteiger partial charge in [-0.3, -0.25) is 4.79 Å². The minimum Gasteiger partial charge on any atom is -0.435 e. The van der Waals surface area contributed by atoms with E-state index in [4.69, 9.17) is 0 Å². The molecule has 0 heterocycles. The first-order chi connectivity index (χ1) is 13.1. The number of nitriles is 1. The first kappa shape index (κ1) is 18.1. The predicted octanol–water partition coefficient (Wildman–Crippen LogP) is 4.99. The van der Waals surface area contributed by atoms with E-state index in [2.05, 4.69) is 10.1 Å². The molecular formula is C21H14F2N2O2. The summed E-state index contributed by atoms with van der Waals surface area (Å²) in [6.07, 6.45) is 1.38. The van der Waals surface area contributed by atoms with Crippen LogP contribution in [0.15, 0.2) is 72.3 Å². The summed E-state index contributed by atoms with van der Waals surface area (Å²) in [5, 5.41) is 13.9. The Balaban J connectivity index is 1.81. The molecule has 0 spiro atoms. The summed E-state index contributed by atoms with van der Waals surface area (Å²) < 4.78 is 28.6. The Hall–Kier alpha value is -3.72. The van der Waals surface area contributed by atoms with E-state index in [9.17, 15) is 18.8 Å². The number of nitrogens with zero attached hydrogens (tertiary/aromatic N) is 1. The average Bonchev–Trinajstić information content (AvgIpc) is 2.67. The molecule has 0 fully saturated rings. The fraction of sp³-hybridized carbons (Fsp3) is 0.0476. The van der Waals surface area contributed by atoms with Gasteiger partial charge in [0.25, 0.3) is 5.91 Å². The van der Waals surface area contributed by atoms with E-state index in [1.54, 1.807) is 6.07 Å². The number of halogens is 2. The number of anilines is 1. The van der Waals surface area contributed by atoms with Crippen LogP contribution < -0.4 is 10.1 Å². The highest BCUT2D eigenvalue weighted by Crippen LogP contribution is 2.24. The molecule has 0 atom stereocenters. The van der Waals surface area contributed by atoms with E-state index in [0.717, 1.165) is 10.8 Å². The molecule has 27 heavy (non-hydrogen) atoms. The minimum absolute atomic E-state index is 0.000801. The van der Waals surface area contributed by atoms with E-state index in [-0.39, 0.29) is 11.3 Å². The molecule has 0 aliphatic carbocycles. The SMILES string of the molecule is N#C/C(=C\c1ccc(OC(F)F)cc1)C(=O)Nc1cccc2ccccc12. The summed E-state index contributed by atoms with van der Waals surface area (Å²) in [5.74, 6) is -0.553. The van der Waals surface area contributed by atoms with E-state index >= 15 is 0 Å². The molecule has 6 heteroatoms. The standard InChI is InChI=1S/C21H14F2N2O2/c22-21(23)27-17-10-8-14(9-11-17)12-16(13-24)20(26)25-19-7-3-5-15-4-1-2-6-18(15)19/h1-12,21H,(H,25,26)/b16-12+. The molecule has 3 aromatic carbocycles. The second-order valence-electron chi connectivity index (χ2n) is 5.60. The summed E-state index contributed by atoms with van der Waals surface area (Å²) in [6, 6.07) is 20.6. The number of hydrogen-bond donors (Lipinski definition) is 1. The zero-order valence-electron chi connectivity index (χ0n) is 14.0. The number of nitrogens with one attached hydrogen (secondary N) is 1. The highest BCUT2D eigenvalue weighted by molar-refractivity contribution is 6.12. The monoisotopic (exact) mass is 364 g/mol. The topological polar surface area (TPSA) is 62.1 Å². The van der Waals surface area contributed by atoms with E-state index in [0.29, 0.717) is 11.3 Å². The Morgan fingerprint density at radius 2 is 1.74 bits per heavy atom. The van der Waals surface area contributed by atoms with Crippen LogP contribution in [0.3, 0.4) is 0 Å². The number of ether oxygens (including phenoxy) is 1. The molecule has 3 aromatic rings. The lowest BCUT2D eigenvalue weighted by molar-refractivity contribution is -0.112. The lowest BCUT2D eigenvalue weighted by atomic mass is 10.1. The van der Waals surface area contributed by atoms with Gasteiger partial charge in [0.15, 0.2) is 0 Å². The van der Waals surface area contributed by atoms with Gasteiger partial charge in [-0.05, 0) is 35.2 Å². The maximum absolute atomic E-state index is 12.5. The largest absolute Gasteiger partial charge is 0.435 e. The lowest BCUT2D eigenvalue weighted by Crippen LogP contribution is -2.13. The van der Waals surface area contributed by atoms with E-state index in [1.807, 2.05) is 42.5 Å². The molecule has 0 unspecified atom stereocenters. The van der Waals surface area contributed by atoms with Gasteiger partial charge >= 0.3 is 6.61 Å². The maximum Gasteiger partial charge on any atom is 0.387 e. The molecule has 0 saturated carbocycles. The summed E-state index contributed by atoms with van der Waals surface area (Å²) in [6.45, 7) is -2.91. The van der Waals surface area contributed by atoms with Gasteiger partial charge < -0.3 is 10.1 Å². The van der Waals surface area contributed by atoms with Crippen molar-refractivity contribution in [3.05, 3.63) is 77.9 Å². The minimum atomic E-state index is -2.91. The van der Waals surface area contributed by atoms with Crippen LogP contribution in [0.1, 0.15) is 5.56 Å². The van der Waals surface area contributed by atoms with Crippen molar-refractivity contribution in [1.82, 2.24) is 0 Å². The van der Waals surface area contributed by atoms with Gasteiger partial charge in [0.1, 0.15) is 17.4 Å². The molecular weight excluding hydrogens is 350 g/mol. The molecule has 0 aliphatic heterocycles. The molecule has 1 N–H and O–H groups in total. The summed E-state index contributed by atoms with van der Waals surface area (Å²) in [5.41, 5.74) is 1.01. The third-order valence-corrected chi connectivity index (χ3v) is 3.82. The van der Waals surface area contributed by atoms with Crippen LogP contribution in [0, 0.1) is 11.3 Å². The highest BCUT2D eigenvalue weighted by Gasteiger charge is 2.11. The summed E-state index contributed by atoms with van der Waals surface area (Å²) in [7, 11) is 0. The van der Waals surface area contributed by atoms with Crippen molar-refractivity contribution in [2.75, 3.05) is 5.32 Å². The number of carbonyl (C=O) groups excluding carboxylic acids is 1. The summed E-state index contributed by atoms with van der Waals surface area (Å²) in [4.78, 5) is 12.5. The molecule has 1 amide bonds. The number of carbonyl (C=O) groups is 1. The van der Waals surface area contributed by atoms with Crippen LogP contribution in [0.5, 0.6) is 5.75 Å². The predicted molar refractivity (Wildman–Crippen MR) is 99.2 cm³/mol. The van der Waals surface area contributed by atoms with Gasteiger partial charge in [-0.15, -0.1) is 0 Å². The van der Waals surface area contributed by atoms with Gasteiger partial charge in [0.2, 0.25) is 0 Å². The Bertz CT molecular complexity index is 1030. The fourth-order valence-electron chi connectivity index (χ4n) is 2.58. The number of amides is 1. The van der Waals surface area contributed by atoms with Crippen LogP contribution in [-0.2, 0) is 4.79 Å². The van der Waals surface area contributed by atoms with Gasteiger partial charge in [-0.1, -0.05) is 48.5 Å². The van der Waals surface area contributed by atoms with Crippen LogP contribution in [0.25, 0.3) is 16.8 Å². The average molecular weight is 364 g/mol. The molecule has 4 nitrogen and oxygen atoms in total. The van der Waals surface area contributed by atoms with Crippen LogP contribution in [-0.4, -0.2) is 12.5 Å². The van der Waals surface area contributed by atoms with Crippen molar-refractivity contribution in [3.8, 4) is 11.8 Å². The number of fused-ring (bicyclic) bond motifs is 1. The van der Waals surface area contributed by atoms with E-state index in [1.165, 1.54) is 30.3 Å². The second-order valence-corrected chi connectivity index (χ2v) is 5.60. The molecule has 0 aliphatic rings. The normalized spacial score (nSPS) is 11.3. The van der Waals surface area contributed by atoms with Crippen molar-refractivity contribution in [3.63, 3.8) is 0 Å². The number of rotatable bonds is 5. The third-order valence-electron chi connectivity index (χ3n) is 3.82. The molecule has 134 valence electrons. The zero-order chi connectivity index (χ0) is 19.2. The zero-order valence-corrected chi connectivity index (χ0v) is 14.0. The van der Waals surface area contributed by atoms with Gasteiger partial charge in [-0.2, -0.15) is 14.0 Å². The second kappa shape index (κ2) is 8.11. The first-order valence-electron chi connectivity index (χ1n) is 8.02. The molecule has 0 bridgehead atoms. The molecule has 0 saturated heterocycles. The number of benzene rings is 3. The number of alkyl halides is 2. The van der Waals surface area contributed by atoms with Crippen molar-refractivity contribution in [1.29, 1.82) is 5.26 Å². The Kier molecular flexibility index (Phi) is 5.43. The van der Waals surface area contributed by atoms with Crippen molar-refractivity contribution < 1.29 is 18.3 Å². The smallest absolute Gasteiger partial charge is 0.387 e. The van der Waals surface area contributed by atoms with Crippen molar-refractivity contribution in [2.45, 2.75) is 6.61 Å². The lowest BCUT2D eigenvalue weighted by Gasteiger charge is -2.08. The summed E-state index contributed by atoms with van der Waals surface area (Å²) >= 11 is 0. The maximum atomic E-state index is 12.5. The molecule has 3 rings (SSSR count). The fourth-order valence-corrected chi connectivity index (χ4v) is 2.58. The first-order valence-corrected chi connectivity index (χ1v) is 8.02. The molecule has 0 radical (unpaired) electrons. The number of hydrogen-bond acceptors (Lipinski definition) is 3. The Labute approximate surface area is 154 Å². The highest BCUT2D eigenvalue weighted by atomic mass is 19.3. The van der Waals surface area contributed by atoms with Crippen LogP contribution in [0.4, 0.5) is 14.5 Å². The Morgan fingerprint density at radius 1 is 1.04 bits per heavy atom. The van der Waals surface area contributed by atoms with Crippen LogP contribution >= 0.6 is 0 Å². The third kappa shape index (κ3) is 4.47. The van der Waals surface area contributed by atoms with Crippen LogP contribution in [0.2, 0.25) is 0 Å². The van der Waals surface area contributed by atoms with Gasteiger partial charge in [0, 0.05) is 11.1 Å². The Morgan fingerprint density at radius 3 is 2.44 bits per heavy atom. The van der Waals surface area contributed by atoms with Crippen molar-refractivity contribution >= 4 is 28.4 Å². The quantitative estimate of drug-likeness (QED) is 0.513. The molecule has 0 aromatic heterocycles.